The molecule has 1 heteroatoms. The molecule has 76 valence electrons. The van der Waals surface area contributed by atoms with E-state index < -0.39 is 0 Å². The van der Waals surface area contributed by atoms with E-state index in [9.17, 15) is 4.79 Å². The lowest BCUT2D eigenvalue weighted by molar-refractivity contribution is -0.119. The third-order valence-corrected chi connectivity index (χ3v) is 3.67. The Kier molecular flexibility index (Phi) is 3.95. The number of hydrogen-bond donors (Lipinski definition) is 0. The van der Waals surface area contributed by atoms with Gasteiger partial charge in [-0.3, -0.25) is 0 Å². The first-order valence-electron chi connectivity index (χ1n) is 5.67. The highest BCUT2D eigenvalue weighted by Crippen LogP contribution is 2.38. The summed E-state index contributed by atoms with van der Waals surface area (Å²) in [5.41, 5.74) is 0.0143. The summed E-state index contributed by atoms with van der Waals surface area (Å²) in [6.07, 6.45) is 9.98. The summed E-state index contributed by atoms with van der Waals surface area (Å²) in [4.78, 5) is 11.2. The van der Waals surface area contributed by atoms with Crippen LogP contribution < -0.4 is 0 Å². The highest BCUT2D eigenvalue weighted by atomic mass is 16.1. The van der Waals surface area contributed by atoms with E-state index in [0.717, 1.165) is 12.8 Å². The van der Waals surface area contributed by atoms with Gasteiger partial charge in [-0.05, 0) is 18.8 Å². The standard InChI is InChI=1S/C12H22O/c1-11(2)12(10-13)8-6-4-3-5-7-9-12/h10-11H,3-9H2,1-2H3. The lowest BCUT2D eigenvalue weighted by Crippen LogP contribution is -2.29. The van der Waals surface area contributed by atoms with Crippen molar-refractivity contribution in [2.24, 2.45) is 11.3 Å². The van der Waals surface area contributed by atoms with Crippen LogP contribution in [-0.4, -0.2) is 6.29 Å². The van der Waals surface area contributed by atoms with Gasteiger partial charge in [-0.15, -0.1) is 0 Å². The predicted octanol–water partition coefficient (Wildman–Crippen LogP) is 3.57. The fourth-order valence-corrected chi connectivity index (χ4v) is 2.39. The molecule has 13 heavy (non-hydrogen) atoms. The first-order chi connectivity index (χ1) is 6.21. The predicted molar refractivity (Wildman–Crippen MR) is 55.7 cm³/mol. The average molecular weight is 182 g/mol. The summed E-state index contributed by atoms with van der Waals surface area (Å²) in [5, 5.41) is 0. The van der Waals surface area contributed by atoms with Crippen molar-refractivity contribution in [2.75, 3.05) is 0 Å². The molecule has 1 aliphatic rings. The van der Waals surface area contributed by atoms with Crippen LogP contribution >= 0.6 is 0 Å². The first kappa shape index (κ1) is 10.7. The van der Waals surface area contributed by atoms with Crippen molar-refractivity contribution in [3.63, 3.8) is 0 Å². The number of hydrogen-bond acceptors (Lipinski definition) is 1. The fourth-order valence-electron chi connectivity index (χ4n) is 2.39. The minimum Gasteiger partial charge on any atom is -0.303 e. The van der Waals surface area contributed by atoms with Gasteiger partial charge in [-0.2, -0.15) is 0 Å². The number of aldehydes is 1. The van der Waals surface area contributed by atoms with E-state index >= 15 is 0 Å². The highest BCUT2D eigenvalue weighted by molar-refractivity contribution is 5.59. The SMILES string of the molecule is CC(C)C1(C=O)CCCCCCC1. The molecule has 0 amide bonds. The summed E-state index contributed by atoms with van der Waals surface area (Å²) >= 11 is 0. The van der Waals surface area contributed by atoms with E-state index in [2.05, 4.69) is 13.8 Å². The Morgan fingerprint density at radius 2 is 1.46 bits per heavy atom. The molecular weight excluding hydrogens is 160 g/mol. The van der Waals surface area contributed by atoms with Crippen LogP contribution in [0.2, 0.25) is 0 Å². The molecule has 0 aromatic carbocycles. The van der Waals surface area contributed by atoms with Gasteiger partial charge in [0, 0.05) is 5.41 Å². The van der Waals surface area contributed by atoms with Crippen molar-refractivity contribution >= 4 is 6.29 Å². The van der Waals surface area contributed by atoms with Crippen LogP contribution in [0.15, 0.2) is 0 Å². The van der Waals surface area contributed by atoms with Crippen molar-refractivity contribution < 1.29 is 4.79 Å². The van der Waals surface area contributed by atoms with Gasteiger partial charge in [0.25, 0.3) is 0 Å². The van der Waals surface area contributed by atoms with Crippen molar-refractivity contribution in [3.05, 3.63) is 0 Å². The maximum absolute atomic E-state index is 11.2. The second-order valence-corrected chi connectivity index (χ2v) is 4.77. The van der Waals surface area contributed by atoms with Gasteiger partial charge < -0.3 is 4.79 Å². The van der Waals surface area contributed by atoms with Gasteiger partial charge in [-0.1, -0.05) is 46.0 Å². The molecule has 0 bridgehead atoms. The molecule has 0 N–H and O–H groups in total. The van der Waals surface area contributed by atoms with Crippen molar-refractivity contribution in [3.8, 4) is 0 Å². The summed E-state index contributed by atoms with van der Waals surface area (Å²) in [7, 11) is 0. The summed E-state index contributed by atoms with van der Waals surface area (Å²) in [6.45, 7) is 4.38. The molecule has 1 fully saturated rings. The van der Waals surface area contributed by atoms with E-state index in [4.69, 9.17) is 0 Å². The van der Waals surface area contributed by atoms with Crippen molar-refractivity contribution in [2.45, 2.75) is 58.8 Å². The summed E-state index contributed by atoms with van der Waals surface area (Å²) in [5.74, 6) is 0.517. The molecule has 0 aromatic rings. The van der Waals surface area contributed by atoms with Gasteiger partial charge >= 0.3 is 0 Å². The quantitative estimate of drug-likeness (QED) is 0.597. The van der Waals surface area contributed by atoms with Crippen LogP contribution in [0.5, 0.6) is 0 Å². The number of carbonyl (C=O) groups is 1. The zero-order valence-corrected chi connectivity index (χ0v) is 9.01. The normalized spacial score (nSPS) is 23.6. The minimum atomic E-state index is 0.0143. The van der Waals surface area contributed by atoms with Gasteiger partial charge in [0.2, 0.25) is 0 Å². The molecule has 1 nitrogen and oxygen atoms in total. The largest absolute Gasteiger partial charge is 0.303 e. The van der Waals surface area contributed by atoms with Crippen LogP contribution in [0, 0.1) is 11.3 Å². The smallest absolute Gasteiger partial charge is 0.126 e. The van der Waals surface area contributed by atoms with Crippen LogP contribution in [0.1, 0.15) is 58.8 Å². The second-order valence-electron chi connectivity index (χ2n) is 4.77. The molecule has 0 heterocycles. The molecule has 1 saturated carbocycles. The Labute approximate surface area is 81.9 Å². The molecule has 0 atom stereocenters. The third kappa shape index (κ3) is 2.55. The molecular formula is C12H22O. The summed E-state index contributed by atoms with van der Waals surface area (Å²) < 4.78 is 0. The third-order valence-electron chi connectivity index (χ3n) is 3.67. The van der Waals surface area contributed by atoms with Crippen LogP contribution in [0.25, 0.3) is 0 Å². The van der Waals surface area contributed by atoms with E-state index in [-0.39, 0.29) is 5.41 Å². The van der Waals surface area contributed by atoms with Crippen LogP contribution in [0.4, 0.5) is 0 Å². The Bertz CT molecular complexity index is 153. The number of rotatable bonds is 2. The zero-order valence-electron chi connectivity index (χ0n) is 9.01. The molecule has 0 unspecified atom stereocenters. The fraction of sp³-hybridized carbons (Fsp3) is 0.917. The topological polar surface area (TPSA) is 17.1 Å². The molecule has 1 rings (SSSR count). The van der Waals surface area contributed by atoms with E-state index in [1.165, 1.54) is 38.4 Å². The maximum atomic E-state index is 11.2. The molecule has 0 spiro atoms. The van der Waals surface area contributed by atoms with Gasteiger partial charge in [-0.25, -0.2) is 0 Å². The molecule has 0 radical (unpaired) electrons. The van der Waals surface area contributed by atoms with Crippen molar-refractivity contribution in [1.82, 2.24) is 0 Å². The van der Waals surface area contributed by atoms with E-state index in [1.54, 1.807) is 0 Å². The molecule has 0 aliphatic heterocycles. The monoisotopic (exact) mass is 182 g/mol. The number of carbonyl (C=O) groups excluding carboxylic acids is 1. The van der Waals surface area contributed by atoms with Gasteiger partial charge in [0.05, 0.1) is 0 Å². The Hall–Kier alpha value is -0.330. The molecule has 0 aromatic heterocycles. The van der Waals surface area contributed by atoms with Gasteiger partial charge in [0.1, 0.15) is 6.29 Å². The lowest BCUT2D eigenvalue weighted by atomic mass is 9.70. The first-order valence-corrected chi connectivity index (χ1v) is 5.67. The zero-order chi connectivity index (χ0) is 9.73. The highest BCUT2D eigenvalue weighted by Gasteiger charge is 2.32. The van der Waals surface area contributed by atoms with Crippen LogP contribution in [-0.2, 0) is 4.79 Å². The van der Waals surface area contributed by atoms with E-state index in [1.807, 2.05) is 0 Å². The minimum absolute atomic E-state index is 0.0143. The molecule has 1 aliphatic carbocycles. The lowest BCUT2D eigenvalue weighted by Gasteiger charge is -2.33. The Balaban J connectivity index is 2.63. The Morgan fingerprint density at radius 3 is 1.85 bits per heavy atom. The molecule has 0 saturated heterocycles. The summed E-state index contributed by atoms with van der Waals surface area (Å²) in [6, 6.07) is 0. The Morgan fingerprint density at radius 1 is 1.00 bits per heavy atom. The second kappa shape index (κ2) is 4.78. The average Bonchev–Trinajstić information content (AvgIpc) is 2.04. The van der Waals surface area contributed by atoms with Gasteiger partial charge in [0.15, 0.2) is 0 Å². The van der Waals surface area contributed by atoms with Crippen molar-refractivity contribution in [1.29, 1.82) is 0 Å². The maximum Gasteiger partial charge on any atom is 0.126 e. The van der Waals surface area contributed by atoms with Crippen LogP contribution in [0.3, 0.4) is 0 Å². The van der Waals surface area contributed by atoms with E-state index in [0.29, 0.717) is 5.92 Å².